The number of halogens is 1. The topological polar surface area (TPSA) is 148 Å². The average Bonchev–Trinajstić information content (AvgIpc) is 3.73. The Morgan fingerprint density at radius 2 is 1.87 bits per heavy atom. The molecule has 0 radical (unpaired) electrons. The number of para-hydroxylation sites is 1. The molecule has 2 aromatic heterocycles. The highest BCUT2D eigenvalue weighted by atomic mass is 32.2. The molecule has 0 aliphatic carbocycles. The lowest BCUT2D eigenvalue weighted by atomic mass is 10.0. The number of aliphatic hydroxyl groups is 1. The predicted octanol–water partition coefficient (Wildman–Crippen LogP) is 4.59. The van der Waals surface area contributed by atoms with Crippen LogP contribution in [-0.2, 0) is 41.0 Å². The van der Waals surface area contributed by atoms with E-state index in [4.69, 9.17) is 13.9 Å². The quantitative estimate of drug-likeness (QED) is 0.264. The van der Waals surface area contributed by atoms with Gasteiger partial charge in [-0.2, -0.15) is 4.31 Å². The van der Waals surface area contributed by atoms with Crippen LogP contribution in [0.15, 0.2) is 94.7 Å². The van der Waals surface area contributed by atoms with Crippen molar-refractivity contribution in [3.05, 3.63) is 125 Å². The summed E-state index contributed by atoms with van der Waals surface area (Å²) in [5.41, 5.74) is 2.99. The molecule has 14 heteroatoms. The minimum atomic E-state index is -4.10. The molecular weight excluding hydrogens is 629 g/mol. The number of oxazole rings is 1. The maximum atomic E-state index is 14.8. The zero-order valence-electron chi connectivity index (χ0n) is 24.8. The normalized spacial score (nSPS) is 15.3. The van der Waals surface area contributed by atoms with E-state index in [9.17, 15) is 22.7 Å². The number of ether oxygens (including phenoxy) is 2. The maximum Gasteiger partial charge on any atom is 0.410 e. The molecule has 0 fully saturated rings. The molecule has 7 rings (SSSR count). The number of aliphatic hydroxyl groups excluding tert-OH is 1. The van der Waals surface area contributed by atoms with Crippen molar-refractivity contribution < 1.29 is 36.6 Å². The van der Waals surface area contributed by atoms with Gasteiger partial charge in [-0.05, 0) is 23.8 Å². The Labute approximate surface area is 269 Å². The molecule has 47 heavy (non-hydrogen) atoms. The fourth-order valence-corrected chi connectivity index (χ4v) is 6.94. The summed E-state index contributed by atoms with van der Waals surface area (Å²) >= 11 is 0. The molecular formula is C33H28FN5O7S. The second-order valence-electron chi connectivity index (χ2n) is 11.0. The number of nitrogens with zero attached hydrogens (tertiary/aromatic N) is 5. The smallest absolute Gasteiger partial charge is 0.410 e. The van der Waals surface area contributed by atoms with E-state index < -0.39 is 28.0 Å². The van der Waals surface area contributed by atoms with Crippen LogP contribution in [0.2, 0.25) is 0 Å². The van der Waals surface area contributed by atoms with Crippen LogP contribution in [0.25, 0.3) is 11.5 Å². The third kappa shape index (κ3) is 6.05. The van der Waals surface area contributed by atoms with Gasteiger partial charge in [0, 0.05) is 29.4 Å². The van der Waals surface area contributed by atoms with E-state index >= 15 is 0 Å². The van der Waals surface area contributed by atoms with Crippen molar-refractivity contribution in [1.82, 2.24) is 24.2 Å². The van der Waals surface area contributed by atoms with E-state index in [1.807, 2.05) is 30.3 Å². The van der Waals surface area contributed by atoms with Gasteiger partial charge in [0.2, 0.25) is 15.9 Å². The number of hydrogen-bond acceptors (Lipinski definition) is 10. The van der Waals surface area contributed by atoms with E-state index in [-0.39, 0.29) is 61.6 Å². The first kappa shape index (κ1) is 30.5. The number of rotatable bonds is 7. The molecule has 5 aromatic rings. The summed E-state index contributed by atoms with van der Waals surface area (Å²) in [6.45, 7) is 0.701. The molecule has 4 heterocycles. The standard InChI is InChI=1S/C33H28FN5O7S/c34-27-15-24(9-10-25(27)32-35-11-13-45-32)47(42,43)39-18-23-16-36-31(37-28(23)19-39)29(40)26-8-4-7-22-17-38(12-14-44-30(22)26)33(41)46-20-21-5-2-1-3-6-21/h1-11,13,15-16,29,40H,12,14,17-20H2. The Hall–Kier alpha value is -5.18. The Morgan fingerprint density at radius 3 is 2.66 bits per heavy atom. The van der Waals surface area contributed by atoms with Crippen molar-refractivity contribution in [3.8, 4) is 17.2 Å². The number of hydrogen-bond donors (Lipinski definition) is 1. The van der Waals surface area contributed by atoms with Crippen LogP contribution >= 0.6 is 0 Å². The van der Waals surface area contributed by atoms with Crippen LogP contribution < -0.4 is 4.74 Å². The van der Waals surface area contributed by atoms with Crippen LogP contribution in [0.3, 0.4) is 0 Å². The fourth-order valence-electron chi connectivity index (χ4n) is 5.55. The number of aromatic nitrogens is 3. The van der Waals surface area contributed by atoms with E-state index in [0.29, 0.717) is 28.1 Å². The molecule has 2 aliphatic rings. The molecule has 1 amide bonds. The molecule has 3 aromatic carbocycles. The molecule has 12 nitrogen and oxygen atoms in total. The molecule has 0 bridgehead atoms. The first-order valence-corrected chi connectivity index (χ1v) is 16.1. The molecule has 0 saturated heterocycles. The average molecular weight is 658 g/mol. The summed E-state index contributed by atoms with van der Waals surface area (Å²) in [6, 6.07) is 18.2. The molecule has 0 saturated carbocycles. The van der Waals surface area contributed by atoms with Crippen LogP contribution in [0.5, 0.6) is 5.75 Å². The summed E-state index contributed by atoms with van der Waals surface area (Å²) < 4.78 is 59.5. The number of benzene rings is 3. The molecule has 0 spiro atoms. The van der Waals surface area contributed by atoms with Gasteiger partial charge in [0.1, 0.15) is 37.1 Å². The second-order valence-corrected chi connectivity index (χ2v) is 12.9. The van der Waals surface area contributed by atoms with Gasteiger partial charge in [0.15, 0.2) is 5.82 Å². The fraction of sp³-hybridized carbons (Fsp3) is 0.212. The molecule has 2 aliphatic heterocycles. The largest absolute Gasteiger partial charge is 0.491 e. The van der Waals surface area contributed by atoms with Crippen molar-refractivity contribution >= 4 is 16.1 Å². The summed E-state index contributed by atoms with van der Waals surface area (Å²) in [5.74, 6) is -0.265. The van der Waals surface area contributed by atoms with Gasteiger partial charge in [0.25, 0.3) is 0 Å². The Morgan fingerprint density at radius 1 is 1.02 bits per heavy atom. The minimum absolute atomic E-state index is 0.0167. The highest BCUT2D eigenvalue weighted by Gasteiger charge is 2.34. The Balaban J connectivity index is 1.06. The van der Waals surface area contributed by atoms with Crippen molar-refractivity contribution in [2.45, 2.75) is 37.2 Å². The molecule has 1 unspecified atom stereocenters. The van der Waals surface area contributed by atoms with E-state index in [2.05, 4.69) is 15.0 Å². The van der Waals surface area contributed by atoms with Gasteiger partial charge in [-0.3, -0.25) is 0 Å². The Kier molecular flexibility index (Phi) is 8.14. The first-order chi connectivity index (χ1) is 22.8. The van der Waals surface area contributed by atoms with E-state index in [1.54, 1.807) is 23.1 Å². The van der Waals surface area contributed by atoms with Gasteiger partial charge >= 0.3 is 6.09 Å². The lowest BCUT2D eigenvalue weighted by molar-refractivity contribution is 0.0912. The zero-order valence-corrected chi connectivity index (χ0v) is 25.6. The third-order valence-corrected chi connectivity index (χ3v) is 9.77. The van der Waals surface area contributed by atoms with Crippen LogP contribution in [-0.4, -0.2) is 56.9 Å². The van der Waals surface area contributed by atoms with Gasteiger partial charge in [0.05, 0.1) is 42.0 Å². The Bertz CT molecular complexity index is 2040. The summed E-state index contributed by atoms with van der Waals surface area (Å²) in [5, 5.41) is 11.4. The number of amides is 1. The van der Waals surface area contributed by atoms with Crippen molar-refractivity contribution in [2.24, 2.45) is 0 Å². The highest BCUT2D eigenvalue weighted by molar-refractivity contribution is 7.89. The number of fused-ring (bicyclic) bond motifs is 2. The highest BCUT2D eigenvalue weighted by Crippen LogP contribution is 2.36. The predicted molar refractivity (Wildman–Crippen MR) is 163 cm³/mol. The van der Waals surface area contributed by atoms with Gasteiger partial charge in [-0.1, -0.05) is 48.5 Å². The molecule has 1 atom stereocenters. The first-order valence-electron chi connectivity index (χ1n) is 14.7. The van der Waals surface area contributed by atoms with E-state index in [0.717, 1.165) is 11.6 Å². The van der Waals surface area contributed by atoms with Crippen molar-refractivity contribution in [2.75, 3.05) is 13.2 Å². The van der Waals surface area contributed by atoms with E-state index in [1.165, 1.54) is 35.1 Å². The van der Waals surface area contributed by atoms with Crippen LogP contribution in [0, 0.1) is 5.82 Å². The molecule has 240 valence electrons. The number of carbonyl (C=O) groups is 1. The van der Waals surface area contributed by atoms with Gasteiger partial charge in [-0.15, -0.1) is 0 Å². The number of carbonyl (C=O) groups excluding carboxylic acids is 1. The number of sulfonamides is 1. The summed E-state index contributed by atoms with van der Waals surface area (Å²) in [7, 11) is -4.10. The maximum absolute atomic E-state index is 14.8. The summed E-state index contributed by atoms with van der Waals surface area (Å²) in [4.78, 5) is 26.9. The van der Waals surface area contributed by atoms with Crippen LogP contribution in [0.4, 0.5) is 9.18 Å². The van der Waals surface area contributed by atoms with Gasteiger partial charge in [-0.25, -0.2) is 32.6 Å². The lowest BCUT2D eigenvalue weighted by Crippen LogP contribution is -2.32. The van der Waals surface area contributed by atoms with Crippen molar-refractivity contribution in [1.29, 1.82) is 0 Å². The molecule has 1 N–H and O–H groups in total. The minimum Gasteiger partial charge on any atom is -0.491 e. The van der Waals surface area contributed by atoms with Gasteiger partial charge < -0.3 is 23.9 Å². The van der Waals surface area contributed by atoms with Crippen molar-refractivity contribution in [3.63, 3.8) is 0 Å². The zero-order chi connectivity index (χ0) is 32.5. The third-order valence-electron chi connectivity index (χ3n) is 7.99. The second kappa shape index (κ2) is 12.5. The van der Waals surface area contributed by atoms with Crippen LogP contribution in [0.1, 0.15) is 39.9 Å². The lowest BCUT2D eigenvalue weighted by Gasteiger charge is -2.20. The SMILES string of the molecule is O=C(OCc1ccccc1)N1CCOc2c(cccc2C(O)c2ncc3c(n2)CN(S(=O)(=O)c2ccc(-c4ncco4)c(F)c2)C3)C1. The monoisotopic (exact) mass is 657 g/mol. The summed E-state index contributed by atoms with van der Waals surface area (Å²) in [6.07, 6.45) is 2.37.